The lowest BCUT2D eigenvalue weighted by atomic mass is 9.98. The van der Waals surface area contributed by atoms with Gasteiger partial charge in [-0.2, -0.15) is 0 Å². The van der Waals surface area contributed by atoms with Crippen molar-refractivity contribution in [3.8, 4) is 28.8 Å². The summed E-state index contributed by atoms with van der Waals surface area (Å²) in [5.41, 5.74) is 6.42. The molecule has 0 spiro atoms. The van der Waals surface area contributed by atoms with E-state index < -0.39 is 11.5 Å². The van der Waals surface area contributed by atoms with Gasteiger partial charge in [0.25, 0.3) is 11.8 Å². The standard InChI is InChI=1S/C23H20N4O4/c1-26-17-12-16(17)23(30,22(26)29)8-6-13-4-3-5-14(10-13)19-18-11-15(31-2)7-9-27(18)21(25-19)20(24)28/h3-5,7,9-11,16-17,30H,12H2,1-2H3,(H2,24,28)/t16?,17-,23-/m1/s1. The average Bonchev–Trinajstić information content (AvgIpc) is 3.46. The van der Waals surface area contributed by atoms with Crippen molar-refractivity contribution in [1.82, 2.24) is 14.3 Å². The van der Waals surface area contributed by atoms with E-state index in [2.05, 4.69) is 16.8 Å². The lowest BCUT2D eigenvalue weighted by Gasteiger charge is -2.18. The van der Waals surface area contributed by atoms with Crippen molar-refractivity contribution in [1.29, 1.82) is 0 Å². The molecule has 5 rings (SSSR count). The fraction of sp³-hybridized carbons (Fsp3) is 0.261. The first-order valence-corrected chi connectivity index (χ1v) is 9.82. The van der Waals surface area contributed by atoms with E-state index in [9.17, 15) is 14.7 Å². The van der Waals surface area contributed by atoms with E-state index in [0.717, 1.165) is 12.0 Å². The van der Waals surface area contributed by atoms with E-state index in [-0.39, 0.29) is 23.7 Å². The molecule has 1 saturated heterocycles. The minimum Gasteiger partial charge on any atom is -0.497 e. The number of aliphatic hydroxyl groups is 1. The smallest absolute Gasteiger partial charge is 0.285 e. The highest BCUT2D eigenvalue weighted by Crippen LogP contribution is 2.50. The number of imidazole rings is 1. The third-order valence-corrected chi connectivity index (χ3v) is 6.04. The molecule has 3 atom stereocenters. The van der Waals surface area contributed by atoms with Crippen LogP contribution in [0.3, 0.4) is 0 Å². The van der Waals surface area contributed by atoms with E-state index in [1.807, 2.05) is 6.07 Å². The lowest BCUT2D eigenvalue weighted by Crippen LogP contribution is -2.41. The summed E-state index contributed by atoms with van der Waals surface area (Å²) in [5, 5.41) is 10.8. The molecule has 3 N–H and O–H groups in total. The molecule has 156 valence electrons. The number of aromatic nitrogens is 2. The number of fused-ring (bicyclic) bond motifs is 2. The Balaban J connectivity index is 1.57. The second-order valence-corrected chi connectivity index (χ2v) is 7.89. The zero-order valence-electron chi connectivity index (χ0n) is 17.0. The zero-order chi connectivity index (χ0) is 21.9. The number of benzene rings is 1. The summed E-state index contributed by atoms with van der Waals surface area (Å²) in [6.07, 6.45) is 2.45. The molecule has 3 aromatic rings. The van der Waals surface area contributed by atoms with Crippen LogP contribution in [0.5, 0.6) is 5.75 Å². The number of likely N-dealkylation sites (tertiary alicyclic amines) is 1. The molecule has 2 aromatic heterocycles. The van der Waals surface area contributed by atoms with E-state index in [4.69, 9.17) is 10.5 Å². The minimum atomic E-state index is -1.64. The number of amides is 2. The van der Waals surface area contributed by atoms with Crippen molar-refractivity contribution in [2.45, 2.75) is 18.1 Å². The highest BCUT2D eigenvalue weighted by atomic mass is 16.5. The molecular formula is C23H20N4O4. The Labute approximate surface area is 178 Å². The molecular weight excluding hydrogens is 396 g/mol. The maximum Gasteiger partial charge on any atom is 0.285 e. The largest absolute Gasteiger partial charge is 0.497 e. The van der Waals surface area contributed by atoms with Crippen LogP contribution in [0.1, 0.15) is 22.6 Å². The topological polar surface area (TPSA) is 110 Å². The van der Waals surface area contributed by atoms with Crippen LogP contribution in [0.15, 0.2) is 42.6 Å². The second kappa shape index (κ2) is 6.59. The molecule has 1 saturated carbocycles. The number of methoxy groups -OCH3 is 1. The molecule has 0 bridgehead atoms. The Bertz CT molecular complexity index is 1320. The van der Waals surface area contributed by atoms with Crippen LogP contribution in [0.2, 0.25) is 0 Å². The fourth-order valence-electron chi connectivity index (χ4n) is 4.27. The highest BCUT2D eigenvalue weighted by Gasteiger charge is 2.66. The Morgan fingerprint density at radius 3 is 2.84 bits per heavy atom. The number of carbonyl (C=O) groups excluding carboxylic acids is 2. The number of carbonyl (C=O) groups is 2. The monoisotopic (exact) mass is 416 g/mol. The van der Waals surface area contributed by atoms with Gasteiger partial charge in [-0.15, -0.1) is 0 Å². The van der Waals surface area contributed by atoms with Crippen LogP contribution in [0, 0.1) is 17.8 Å². The number of primary amides is 1. The molecule has 2 fully saturated rings. The van der Waals surface area contributed by atoms with Gasteiger partial charge in [-0.25, -0.2) is 4.98 Å². The molecule has 2 aliphatic rings. The highest BCUT2D eigenvalue weighted by molar-refractivity contribution is 5.94. The van der Waals surface area contributed by atoms with Crippen LogP contribution in [0.25, 0.3) is 16.8 Å². The number of ether oxygens (including phenoxy) is 1. The van der Waals surface area contributed by atoms with E-state index in [0.29, 0.717) is 22.5 Å². The van der Waals surface area contributed by atoms with Crippen LogP contribution < -0.4 is 10.5 Å². The summed E-state index contributed by atoms with van der Waals surface area (Å²) in [4.78, 5) is 30.3. The van der Waals surface area contributed by atoms with Gasteiger partial charge in [-0.1, -0.05) is 24.0 Å². The van der Waals surface area contributed by atoms with Crippen molar-refractivity contribution in [3.63, 3.8) is 0 Å². The quantitative estimate of drug-likeness (QED) is 0.620. The Morgan fingerprint density at radius 1 is 1.35 bits per heavy atom. The predicted molar refractivity (Wildman–Crippen MR) is 112 cm³/mol. The van der Waals surface area contributed by atoms with Crippen molar-refractivity contribution in [2.75, 3.05) is 14.2 Å². The van der Waals surface area contributed by atoms with E-state index in [1.54, 1.807) is 60.0 Å². The molecule has 8 nitrogen and oxygen atoms in total. The summed E-state index contributed by atoms with van der Waals surface area (Å²) in [6, 6.07) is 10.8. The molecule has 0 radical (unpaired) electrons. The van der Waals surface area contributed by atoms with Crippen molar-refractivity contribution in [3.05, 3.63) is 54.0 Å². The van der Waals surface area contributed by atoms with Crippen LogP contribution in [-0.2, 0) is 4.79 Å². The molecule has 2 amide bonds. The van der Waals surface area contributed by atoms with Gasteiger partial charge in [0, 0.05) is 42.4 Å². The van der Waals surface area contributed by atoms with Gasteiger partial charge >= 0.3 is 0 Å². The third-order valence-electron chi connectivity index (χ3n) is 6.04. The summed E-state index contributed by atoms with van der Waals surface area (Å²) >= 11 is 0. The molecule has 1 aliphatic heterocycles. The van der Waals surface area contributed by atoms with Gasteiger partial charge < -0.3 is 20.5 Å². The fourth-order valence-corrected chi connectivity index (χ4v) is 4.27. The van der Waals surface area contributed by atoms with Gasteiger partial charge in [-0.05, 0) is 24.6 Å². The van der Waals surface area contributed by atoms with Crippen molar-refractivity contribution < 1.29 is 19.4 Å². The number of nitrogens with two attached hydrogens (primary N) is 1. The first-order valence-electron chi connectivity index (χ1n) is 9.82. The van der Waals surface area contributed by atoms with Gasteiger partial charge in [0.2, 0.25) is 11.4 Å². The van der Waals surface area contributed by atoms with Gasteiger partial charge in [-0.3, -0.25) is 14.0 Å². The van der Waals surface area contributed by atoms with E-state index >= 15 is 0 Å². The number of hydrogen-bond acceptors (Lipinski definition) is 5. The normalized spacial score (nSPS) is 24.0. The third kappa shape index (κ3) is 2.86. The Kier molecular flexibility index (Phi) is 4.07. The van der Waals surface area contributed by atoms with Crippen LogP contribution >= 0.6 is 0 Å². The zero-order valence-corrected chi connectivity index (χ0v) is 17.0. The van der Waals surface area contributed by atoms with Crippen LogP contribution in [0.4, 0.5) is 0 Å². The first-order chi connectivity index (χ1) is 14.8. The molecule has 8 heteroatoms. The van der Waals surface area contributed by atoms with Gasteiger partial charge in [0.1, 0.15) is 5.75 Å². The van der Waals surface area contributed by atoms with Crippen molar-refractivity contribution in [2.24, 2.45) is 11.7 Å². The molecule has 1 aromatic carbocycles. The summed E-state index contributed by atoms with van der Waals surface area (Å²) in [7, 11) is 3.26. The number of hydrogen-bond donors (Lipinski definition) is 2. The Morgan fingerprint density at radius 2 is 2.16 bits per heavy atom. The average molecular weight is 416 g/mol. The number of nitrogens with zero attached hydrogens (tertiary/aromatic N) is 3. The minimum absolute atomic E-state index is 0.0808. The van der Waals surface area contributed by atoms with E-state index in [1.165, 1.54) is 0 Å². The second-order valence-electron chi connectivity index (χ2n) is 7.89. The van der Waals surface area contributed by atoms with Gasteiger partial charge in [0.15, 0.2) is 0 Å². The molecule has 3 heterocycles. The first kappa shape index (κ1) is 19.2. The van der Waals surface area contributed by atoms with Crippen molar-refractivity contribution >= 4 is 17.3 Å². The predicted octanol–water partition coefficient (Wildman–Crippen LogP) is 1.05. The summed E-state index contributed by atoms with van der Waals surface area (Å²) in [5.74, 6) is 5.34. The number of rotatable bonds is 3. The van der Waals surface area contributed by atoms with Crippen LogP contribution in [-0.4, -0.2) is 57.0 Å². The lowest BCUT2D eigenvalue weighted by molar-refractivity contribution is -0.140. The maximum absolute atomic E-state index is 12.4. The maximum atomic E-state index is 12.4. The van der Waals surface area contributed by atoms with Gasteiger partial charge in [0.05, 0.1) is 18.3 Å². The SMILES string of the molecule is COc1ccn2c(C(N)=O)nc(-c3cccc(C#C[C@]4(O)C(=O)N(C)[C@@H]5CC54)c3)c2c1. The molecule has 31 heavy (non-hydrogen) atoms. The summed E-state index contributed by atoms with van der Waals surface area (Å²) in [6.45, 7) is 0. The summed E-state index contributed by atoms with van der Waals surface area (Å²) < 4.78 is 6.92. The number of pyridine rings is 1. The molecule has 1 aliphatic carbocycles. The Hall–Kier alpha value is -3.83. The number of piperidine rings is 1. The molecule has 1 unspecified atom stereocenters. The number of likely N-dealkylation sites (N-methyl/N-ethyl adjacent to an activating group) is 1.